The SMILES string of the molecule is O=S(=O)(C1=CCCc2cc(I)ccc21)c1ccc(Br)cc1. The maximum atomic E-state index is 12.9. The highest BCUT2D eigenvalue weighted by Crippen LogP contribution is 2.35. The van der Waals surface area contributed by atoms with Crippen LogP contribution in [0.1, 0.15) is 17.5 Å². The summed E-state index contributed by atoms with van der Waals surface area (Å²) in [6.07, 6.45) is 3.50. The minimum absolute atomic E-state index is 0.336. The molecule has 0 unspecified atom stereocenters. The lowest BCUT2D eigenvalue weighted by atomic mass is 9.97. The van der Waals surface area contributed by atoms with Gasteiger partial charge in [-0.05, 0) is 83.0 Å². The molecule has 0 saturated carbocycles. The molecule has 0 spiro atoms. The average Bonchev–Trinajstić information content (AvgIpc) is 2.46. The molecule has 0 N–H and O–H groups in total. The van der Waals surface area contributed by atoms with E-state index in [2.05, 4.69) is 44.6 Å². The second-order valence-electron chi connectivity index (χ2n) is 4.87. The predicted molar refractivity (Wildman–Crippen MR) is 96.8 cm³/mol. The van der Waals surface area contributed by atoms with Gasteiger partial charge < -0.3 is 0 Å². The first kappa shape index (κ1) is 15.2. The van der Waals surface area contributed by atoms with E-state index in [1.54, 1.807) is 24.3 Å². The van der Waals surface area contributed by atoms with Gasteiger partial charge in [-0.3, -0.25) is 0 Å². The predicted octanol–water partition coefficient (Wildman–Crippen LogP) is 4.81. The number of rotatable bonds is 2. The van der Waals surface area contributed by atoms with E-state index in [-0.39, 0.29) is 0 Å². The summed E-state index contributed by atoms with van der Waals surface area (Å²) in [5.41, 5.74) is 1.95. The Hall–Kier alpha value is -0.660. The molecule has 0 aromatic heterocycles. The van der Waals surface area contributed by atoms with Crippen molar-refractivity contribution < 1.29 is 8.42 Å². The third kappa shape index (κ3) is 2.96. The third-order valence-electron chi connectivity index (χ3n) is 3.49. The van der Waals surface area contributed by atoms with Gasteiger partial charge in [0.1, 0.15) is 0 Å². The van der Waals surface area contributed by atoms with Crippen LogP contribution in [0.2, 0.25) is 0 Å². The van der Waals surface area contributed by atoms with Gasteiger partial charge >= 0.3 is 0 Å². The molecule has 1 aliphatic carbocycles. The lowest BCUT2D eigenvalue weighted by Gasteiger charge is -2.18. The Morgan fingerprint density at radius 1 is 1.05 bits per heavy atom. The van der Waals surface area contributed by atoms with Crippen molar-refractivity contribution in [1.29, 1.82) is 0 Å². The minimum atomic E-state index is -3.47. The Labute approximate surface area is 146 Å². The van der Waals surface area contributed by atoms with Gasteiger partial charge in [-0.15, -0.1) is 0 Å². The van der Waals surface area contributed by atoms with Crippen LogP contribution < -0.4 is 0 Å². The van der Waals surface area contributed by atoms with Crippen LogP contribution in [-0.4, -0.2) is 8.42 Å². The Morgan fingerprint density at radius 3 is 2.48 bits per heavy atom. The van der Waals surface area contributed by atoms with E-state index in [1.165, 1.54) is 0 Å². The molecule has 0 aliphatic heterocycles. The van der Waals surface area contributed by atoms with E-state index in [9.17, 15) is 8.42 Å². The van der Waals surface area contributed by atoms with Crippen molar-refractivity contribution in [2.24, 2.45) is 0 Å². The molecule has 0 saturated heterocycles. The van der Waals surface area contributed by atoms with Crippen molar-refractivity contribution in [2.75, 3.05) is 0 Å². The molecule has 2 nitrogen and oxygen atoms in total. The van der Waals surface area contributed by atoms with Crippen molar-refractivity contribution in [3.63, 3.8) is 0 Å². The molecule has 0 radical (unpaired) electrons. The van der Waals surface area contributed by atoms with Gasteiger partial charge in [0.05, 0.1) is 9.80 Å². The number of benzene rings is 2. The van der Waals surface area contributed by atoms with Gasteiger partial charge in [0, 0.05) is 8.04 Å². The monoisotopic (exact) mass is 474 g/mol. The van der Waals surface area contributed by atoms with E-state index < -0.39 is 9.84 Å². The van der Waals surface area contributed by atoms with Crippen molar-refractivity contribution >= 4 is 53.3 Å². The van der Waals surface area contributed by atoms with Crippen LogP contribution in [0.25, 0.3) is 4.91 Å². The van der Waals surface area contributed by atoms with Crippen LogP contribution >= 0.6 is 38.5 Å². The van der Waals surface area contributed by atoms with Gasteiger partial charge in [0.25, 0.3) is 0 Å². The van der Waals surface area contributed by atoms with Gasteiger partial charge in [-0.1, -0.05) is 28.1 Å². The molecule has 0 heterocycles. The Morgan fingerprint density at radius 2 is 1.76 bits per heavy atom. The zero-order valence-electron chi connectivity index (χ0n) is 11.0. The Balaban J connectivity index is 2.12. The van der Waals surface area contributed by atoms with Crippen LogP contribution in [0.4, 0.5) is 0 Å². The fourth-order valence-corrected chi connectivity index (χ4v) is 4.87. The number of aryl methyl sites for hydroxylation is 1. The summed E-state index contributed by atoms with van der Waals surface area (Å²) in [5, 5.41) is 0. The molecule has 0 amide bonds. The summed E-state index contributed by atoms with van der Waals surface area (Å²) in [5.74, 6) is 0. The van der Waals surface area contributed by atoms with Gasteiger partial charge in [0.2, 0.25) is 9.84 Å². The fourth-order valence-electron chi connectivity index (χ4n) is 2.47. The van der Waals surface area contributed by atoms with Crippen molar-refractivity contribution in [2.45, 2.75) is 17.7 Å². The molecule has 21 heavy (non-hydrogen) atoms. The minimum Gasteiger partial charge on any atom is -0.219 e. The van der Waals surface area contributed by atoms with Gasteiger partial charge in [-0.25, -0.2) is 8.42 Å². The van der Waals surface area contributed by atoms with E-state index in [0.717, 1.165) is 32.0 Å². The first-order valence-corrected chi connectivity index (χ1v) is 9.83. The van der Waals surface area contributed by atoms with Crippen molar-refractivity contribution in [1.82, 2.24) is 0 Å². The highest BCUT2D eigenvalue weighted by Gasteiger charge is 2.26. The second-order valence-corrected chi connectivity index (χ2v) is 8.95. The number of halogens is 2. The third-order valence-corrected chi connectivity index (χ3v) is 6.55. The lowest BCUT2D eigenvalue weighted by Crippen LogP contribution is -2.10. The van der Waals surface area contributed by atoms with E-state index in [0.29, 0.717) is 9.80 Å². The number of hydrogen-bond donors (Lipinski definition) is 0. The normalized spacial score (nSPS) is 14.5. The molecule has 0 atom stereocenters. The summed E-state index contributed by atoms with van der Waals surface area (Å²) < 4.78 is 27.7. The van der Waals surface area contributed by atoms with Gasteiger partial charge in [-0.2, -0.15) is 0 Å². The first-order valence-electron chi connectivity index (χ1n) is 6.48. The molecule has 1 aliphatic rings. The smallest absolute Gasteiger partial charge is 0.206 e. The first-order chi connectivity index (χ1) is 9.98. The molecule has 2 aromatic rings. The summed E-state index contributed by atoms with van der Waals surface area (Å²) in [6.45, 7) is 0. The van der Waals surface area contributed by atoms with Crippen LogP contribution in [-0.2, 0) is 16.3 Å². The molecule has 2 aromatic carbocycles. The maximum absolute atomic E-state index is 12.9. The summed E-state index contributed by atoms with van der Waals surface area (Å²) in [4.78, 5) is 0.769. The average molecular weight is 475 g/mol. The van der Waals surface area contributed by atoms with Crippen LogP contribution in [0.3, 0.4) is 0 Å². The van der Waals surface area contributed by atoms with E-state index >= 15 is 0 Å². The zero-order chi connectivity index (χ0) is 15.0. The molecular formula is C16H12BrIO2S. The van der Waals surface area contributed by atoms with Gasteiger partial charge in [0.15, 0.2) is 0 Å². The highest BCUT2D eigenvalue weighted by molar-refractivity contribution is 14.1. The number of allylic oxidation sites excluding steroid dienone is 1. The standard InChI is InChI=1S/C16H12BrIO2S/c17-12-4-7-14(8-5-12)21(19,20)16-3-1-2-11-10-13(18)6-9-15(11)16/h3-10H,1-2H2. The van der Waals surface area contributed by atoms with Crippen molar-refractivity contribution in [3.8, 4) is 0 Å². The molecular weight excluding hydrogens is 463 g/mol. The molecule has 5 heteroatoms. The molecule has 0 fully saturated rings. The van der Waals surface area contributed by atoms with Crippen LogP contribution in [0, 0.1) is 3.57 Å². The molecule has 0 bridgehead atoms. The summed E-state index contributed by atoms with van der Waals surface area (Å²) in [7, 11) is -3.47. The van der Waals surface area contributed by atoms with Crippen LogP contribution in [0.5, 0.6) is 0 Å². The highest BCUT2D eigenvalue weighted by atomic mass is 127. The Kier molecular flexibility index (Phi) is 4.25. The number of hydrogen-bond acceptors (Lipinski definition) is 2. The Bertz CT molecular complexity index is 824. The number of fused-ring (bicyclic) bond motifs is 1. The fraction of sp³-hybridized carbons (Fsp3) is 0.125. The van der Waals surface area contributed by atoms with Crippen molar-refractivity contribution in [3.05, 3.63) is 67.7 Å². The summed E-state index contributed by atoms with van der Waals surface area (Å²) in [6, 6.07) is 12.7. The lowest BCUT2D eigenvalue weighted by molar-refractivity contribution is 0.605. The molecule has 3 rings (SSSR count). The van der Waals surface area contributed by atoms with Crippen LogP contribution in [0.15, 0.2) is 57.9 Å². The summed E-state index contributed by atoms with van der Waals surface area (Å²) >= 11 is 5.59. The van der Waals surface area contributed by atoms with E-state index in [1.807, 2.05) is 18.2 Å². The zero-order valence-corrected chi connectivity index (χ0v) is 15.6. The number of sulfone groups is 1. The van der Waals surface area contributed by atoms with E-state index in [4.69, 9.17) is 0 Å². The quantitative estimate of drug-likeness (QED) is 0.585. The second kappa shape index (κ2) is 5.85. The molecule has 108 valence electrons. The maximum Gasteiger partial charge on any atom is 0.206 e. The topological polar surface area (TPSA) is 34.1 Å². The largest absolute Gasteiger partial charge is 0.219 e.